The van der Waals surface area contributed by atoms with E-state index in [0.717, 1.165) is 12.8 Å². The molecule has 132 valence electrons. The maximum absolute atomic E-state index is 12.0. The second-order valence-electron chi connectivity index (χ2n) is 5.29. The Labute approximate surface area is 145 Å². The zero-order valence-electron chi connectivity index (χ0n) is 13.9. The van der Waals surface area contributed by atoms with Crippen molar-refractivity contribution in [1.82, 2.24) is 0 Å². The third-order valence-electron chi connectivity index (χ3n) is 3.31. The van der Waals surface area contributed by atoms with Crippen molar-refractivity contribution in [2.24, 2.45) is 0 Å². The van der Waals surface area contributed by atoms with Gasteiger partial charge in [0.05, 0.1) is 11.5 Å². The summed E-state index contributed by atoms with van der Waals surface area (Å²) in [5.41, 5.74) is 0.395. The molecule has 0 spiro atoms. The van der Waals surface area contributed by atoms with Gasteiger partial charge in [-0.15, -0.1) is 0 Å². The summed E-state index contributed by atoms with van der Waals surface area (Å²) in [6, 6.07) is 13.0. The summed E-state index contributed by atoms with van der Waals surface area (Å²) in [5, 5.41) is 13.6. The summed E-state index contributed by atoms with van der Waals surface area (Å²) < 4.78 is 10.8. The van der Waals surface area contributed by atoms with E-state index in [1.807, 2.05) is 6.07 Å². The van der Waals surface area contributed by atoms with Gasteiger partial charge in [-0.3, -0.25) is 14.9 Å². The number of unbranched alkanes of at least 4 members (excludes halogenated alkanes) is 1. The fraction of sp³-hybridized carbons (Fsp3) is 0.278. The Balaban J connectivity index is 1.90. The number of carbonyl (C=O) groups excluding carboxylic acids is 1. The quantitative estimate of drug-likeness (QED) is 0.424. The zero-order chi connectivity index (χ0) is 18.1. The van der Waals surface area contributed by atoms with E-state index in [4.69, 9.17) is 9.47 Å². The van der Waals surface area contributed by atoms with E-state index in [-0.39, 0.29) is 18.0 Å². The predicted octanol–water partition coefficient (Wildman–Crippen LogP) is 3.79. The van der Waals surface area contributed by atoms with Gasteiger partial charge in [0.15, 0.2) is 12.4 Å². The van der Waals surface area contributed by atoms with E-state index in [2.05, 4.69) is 12.2 Å². The Hall–Kier alpha value is -3.09. The molecule has 0 aliphatic carbocycles. The molecule has 0 radical (unpaired) electrons. The molecule has 0 fully saturated rings. The maximum atomic E-state index is 12.0. The lowest BCUT2D eigenvalue weighted by molar-refractivity contribution is -0.385. The van der Waals surface area contributed by atoms with Crippen molar-refractivity contribution >= 4 is 17.3 Å². The SMILES string of the molecule is CCCCOc1cccc(NC(=O)COc2ccccc2[N+](=O)[O-])c1. The van der Waals surface area contributed by atoms with Crippen molar-refractivity contribution in [1.29, 1.82) is 0 Å². The first-order valence-electron chi connectivity index (χ1n) is 7.99. The Morgan fingerprint density at radius 1 is 1.16 bits per heavy atom. The largest absolute Gasteiger partial charge is 0.494 e. The molecule has 0 saturated heterocycles. The third kappa shape index (κ3) is 5.80. The van der Waals surface area contributed by atoms with E-state index < -0.39 is 10.8 Å². The van der Waals surface area contributed by atoms with Crippen LogP contribution in [0.15, 0.2) is 48.5 Å². The highest BCUT2D eigenvalue weighted by atomic mass is 16.6. The number of nitro benzene ring substituents is 1. The summed E-state index contributed by atoms with van der Waals surface area (Å²) in [5.74, 6) is 0.314. The lowest BCUT2D eigenvalue weighted by atomic mass is 10.3. The van der Waals surface area contributed by atoms with Crippen molar-refractivity contribution in [3.05, 3.63) is 58.6 Å². The van der Waals surface area contributed by atoms with Crippen LogP contribution in [0.25, 0.3) is 0 Å². The van der Waals surface area contributed by atoms with Crippen LogP contribution in [0.4, 0.5) is 11.4 Å². The molecule has 0 aliphatic heterocycles. The van der Waals surface area contributed by atoms with E-state index >= 15 is 0 Å². The molecule has 0 heterocycles. The fourth-order valence-corrected chi connectivity index (χ4v) is 2.07. The van der Waals surface area contributed by atoms with Gasteiger partial charge in [-0.2, -0.15) is 0 Å². The average Bonchev–Trinajstić information content (AvgIpc) is 2.61. The Bertz CT molecular complexity index is 733. The molecule has 1 amide bonds. The lowest BCUT2D eigenvalue weighted by Crippen LogP contribution is -2.20. The number of benzene rings is 2. The number of para-hydroxylation sites is 2. The first-order chi connectivity index (χ1) is 12.1. The van der Waals surface area contributed by atoms with Gasteiger partial charge in [0.25, 0.3) is 5.91 Å². The molecular weight excluding hydrogens is 324 g/mol. The van der Waals surface area contributed by atoms with Crippen LogP contribution >= 0.6 is 0 Å². The van der Waals surface area contributed by atoms with Gasteiger partial charge in [-0.05, 0) is 24.6 Å². The molecule has 7 heteroatoms. The Kier molecular flexibility index (Phi) is 6.76. The molecule has 1 N–H and O–H groups in total. The molecule has 0 aliphatic rings. The van der Waals surface area contributed by atoms with Gasteiger partial charge in [-0.25, -0.2) is 0 Å². The van der Waals surface area contributed by atoms with Crippen molar-refractivity contribution in [2.45, 2.75) is 19.8 Å². The number of ether oxygens (including phenoxy) is 2. The second kappa shape index (κ2) is 9.27. The van der Waals surface area contributed by atoms with Gasteiger partial charge in [-0.1, -0.05) is 31.5 Å². The third-order valence-corrected chi connectivity index (χ3v) is 3.31. The average molecular weight is 344 g/mol. The first kappa shape index (κ1) is 18.3. The van der Waals surface area contributed by atoms with Crippen LogP contribution in [0.3, 0.4) is 0 Å². The minimum absolute atomic E-state index is 0.0549. The standard InChI is InChI=1S/C18H20N2O5/c1-2-3-11-24-15-8-6-7-14(12-15)19-18(21)13-25-17-10-5-4-9-16(17)20(22)23/h4-10,12H,2-3,11,13H2,1H3,(H,19,21). The van der Waals surface area contributed by atoms with E-state index in [9.17, 15) is 14.9 Å². The molecule has 0 saturated carbocycles. The fourth-order valence-electron chi connectivity index (χ4n) is 2.07. The van der Waals surface area contributed by atoms with Gasteiger partial charge < -0.3 is 14.8 Å². The highest BCUT2D eigenvalue weighted by Gasteiger charge is 2.15. The van der Waals surface area contributed by atoms with Crippen molar-refractivity contribution in [2.75, 3.05) is 18.5 Å². The summed E-state index contributed by atoms with van der Waals surface area (Å²) in [7, 11) is 0. The number of rotatable bonds is 9. The van der Waals surface area contributed by atoms with Crippen LogP contribution < -0.4 is 14.8 Å². The minimum Gasteiger partial charge on any atom is -0.494 e. The van der Waals surface area contributed by atoms with Crippen molar-refractivity contribution in [3.8, 4) is 11.5 Å². The smallest absolute Gasteiger partial charge is 0.310 e. The molecule has 0 unspecified atom stereocenters. The summed E-state index contributed by atoms with van der Waals surface area (Å²) >= 11 is 0. The number of hydrogen-bond donors (Lipinski definition) is 1. The molecule has 7 nitrogen and oxygen atoms in total. The number of nitrogens with zero attached hydrogens (tertiary/aromatic N) is 1. The highest BCUT2D eigenvalue weighted by molar-refractivity contribution is 5.92. The topological polar surface area (TPSA) is 90.7 Å². The van der Waals surface area contributed by atoms with E-state index in [1.165, 1.54) is 18.2 Å². The molecule has 0 aromatic heterocycles. The number of hydrogen-bond acceptors (Lipinski definition) is 5. The normalized spacial score (nSPS) is 10.1. The van der Waals surface area contributed by atoms with Crippen molar-refractivity contribution < 1.29 is 19.2 Å². The van der Waals surface area contributed by atoms with Gasteiger partial charge in [0, 0.05) is 17.8 Å². The van der Waals surface area contributed by atoms with E-state index in [0.29, 0.717) is 18.0 Å². The van der Waals surface area contributed by atoms with Crippen LogP contribution in [0.1, 0.15) is 19.8 Å². The number of carbonyl (C=O) groups is 1. The van der Waals surface area contributed by atoms with Crippen molar-refractivity contribution in [3.63, 3.8) is 0 Å². The number of nitrogens with one attached hydrogen (secondary N) is 1. The van der Waals surface area contributed by atoms with Crippen LogP contribution in [0.5, 0.6) is 11.5 Å². The molecule has 2 aromatic carbocycles. The maximum Gasteiger partial charge on any atom is 0.310 e. The number of amides is 1. The zero-order valence-corrected chi connectivity index (χ0v) is 13.9. The summed E-state index contributed by atoms with van der Waals surface area (Å²) in [6.45, 7) is 2.37. The minimum atomic E-state index is -0.551. The van der Waals surface area contributed by atoms with Crippen LogP contribution in [0, 0.1) is 10.1 Å². The van der Waals surface area contributed by atoms with Crippen LogP contribution in [-0.2, 0) is 4.79 Å². The van der Waals surface area contributed by atoms with Crippen LogP contribution in [0.2, 0.25) is 0 Å². The van der Waals surface area contributed by atoms with Gasteiger partial charge in [0.1, 0.15) is 5.75 Å². The summed E-state index contributed by atoms with van der Waals surface area (Å²) in [4.78, 5) is 22.4. The monoisotopic (exact) mass is 344 g/mol. The summed E-state index contributed by atoms with van der Waals surface area (Å²) in [6.07, 6.45) is 2.00. The molecule has 0 bridgehead atoms. The Morgan fingerprint density at radius 3 is 2.72 bits per heavy atom. The highest BCUT2D eigenvalue weighted by Crippen LogP contribution is 2.25. The molecule has 2 aromatic rings. The van der Waals surface area contributed by atoms with Gasteiger partial charge >= 0.3 is 5.69 Å². The Morgan fingerprint density at radius 2 is 1.96 bits per heavy atom. The van der Waals surface area contributed by atoms with E-state index in [1.54, 1.807) is 24.3 Å². The second-order valence-corrected chi connectivity index (χ2v) is 5.29. The van der Waals surface area contributed by atoms with Gasteiger partial charge in [0.2, 0.25) is 0 Å². The molecule has 0 atom stereocenters. The molecular formula is C18H20N2O5. The lowest BCUT2D eigenvalue weighted by Gasteiger charge is -2.10. The predicted molar refractivity (Wildman–Crippen MR) is 94.1 cm³/mol. The van der Waals surface area contributed by atoms with Crippen LogP contribution in [-0.4, -0.2) is 24.0 Å². The molecule has 2 rings (SSSR count). The number of nitro groups is 1. The molecule has 25 heavy (non-hydrogen) atoms. The first-order valence-corrected chi connectivity index (χ1v) is 7.99. The number of anilines is 1.